The highest BCUT2D eigenvalue weighted by atomic mass is 35.5. The Bertz CT molecular complexity index is 382. The summed E-state index contributed by atoms with van der Waals surface area (Å²) < 4.78 is 4.81. The Morgan fingerprint density at radius 3 is 2.75 bits per heavy atom. The molecule has 0 aliphatic rings. The van der Waals surface area contributed by atoms with Gasteiger partial charge in [0.05, 0.1) is 6.61 Å². The maximum absolute atomic E-state index is 11.3. The molecule has 88 valence electrons. The van der Waals surface area contributed by atoms with E-state index in [0.29, 0.717) is 23.1 Å². The molecule has 1 atom stereocenters. The highest BCUT2D eigenvalue weighted by Gasteiger charge is 2.16. The van der Waals surface area contributed by atoms with E-state index in [1.807, 2.05) is 0 Å². The van der Waals surface area contributed by atoms with Crippen LogP contribution in [0.25, 0.3) is 0 Å². The normalized spacial score (nSPS) is 12.2. The summed E-state index contributed by atoms with van der Waals surface area (Å²) in [6.07, 6.45) is 0.342. The van der Waals surface area contributed by atoms with Gasteiger partial charge in [0.15, 0.2) is 0 Å². The second kappa shape index (κ2) is 6.09. The SMILES string of the molecule is CCOC(=O)[C@H](N)Cc1ccc(Cl)cc1Cl. The van der Waals surface area contributed by atoms with Gasteiger partial charge in [-0.2, -0.15) is 0 Å². The minimum Gasteiger partial charge on any atom is -0.465 e. The van der Waals surface area contributed by atoms with E-state index in [1.54, 1.807) is 25.1 Å². The molecule has 1 aromatic carbocycles. The molecular formula is C11H13Cl2NO2. The Kier molecular flexibility index (Phi) is 5.06. The maximum atomic E-state index is 11.3. The average molecular weight is 262 g/mol. The maximum Gasteiger partial charge on any atom is 0.323 e. The van der Waals surface area contributed by atoms with Gasteiger partial charge in [-0.05, 0) is 31.0 Å². The van der Waals surface area contributed by atoms with Crippen molar-refractivity contribution in [3.8, 4) is 0 Å². The molecule has 1 rings (SSSR count). The second-order valence-corrected chi connectivity index (χ2v) is 4.14. The molecule has 0 radical (unpaired) electrons. The minimum absolute atomic E-state index is 0.320. The van der Waals surface area contributed by atoms with Gasteiger partial charge in [-0.25, -0.2) is 0 Å². The van der Waals surface area contributed by atoms with Gasteiger partial charge in [-0.3, -0.25) is 4.79 Å². The zero-order valence-corrected chi connectivity index (χ0v) is 10.4. The van der Waals surface area contributed by atoms with Gasteiger partial charge in [0, 0.05) is 10.0 Å². The van der Waals surface area contributed by atoms with E-state index in [1.165, 1.54) is 0 Å². The van der Waals surface area contributed by atoms with E-state index in [-0.39, 0.29) is 0 Å². The molecule has 0 amide bonds. The van der Waals surface area contributed by atoms with Crippen LogP contribution in [0.3, 0.4) is 0 Å². The van der Waals surface area contributed by atoms with Crippen LogP contribution >= 0.6 is 23.2 Å². The molecule has 0 fully saturated rings. The van der Waals surface area contributed by atoms with Gasteiger partial charge >= 0.3 is 5.97 Å². The van der Waals surface area contributed by atoms with Crippen molar-refractivity contribution in [1.29, 1.82) is 0 Å². The molecule has 0 heterocycles. The number of carbonyl (C=O) groups is 1. The smallest absolute Gasteiger partial charge is 0.323 e. The van der Waals surface area contributed by atoms with E-state index in [0.717, 1.165) is 5.56 Å². The van der Waals surface area contributed by atoms with Crippen LogP contribution in [0.2, 0.25) is 10.0 Å². The molecule has 0 aliphatic carbocycles. The Labute approximate surface area is 104 Å². The summed E-state index contributed by atoms with van der Waals surface area (Å²) in [7, 11) is 0. The first kappa shape index (κ1) is 13.3. The molecule has 0 spiro atoms. The molecule has 2 N–H and O–H groups in total. The van der Waals surface area contributed by atoms with Crippen molar-refractivity contribution in [3.05, 3.63) is 33.8 Å². The average Bonchev–Trinajstić information content (AvgIpc) is 2.22. The molecule has 0 bridgehead atoms. The lowest BCUT2D eigenvalue weighted by atomic mass is 10.1. The van der Waals surface area contributed by atoms with E-state index in [4.69, 9.17) is 33.7 Å². The monoisotopic (exact) mass is 261 g/mol. The van der Waals surface area contributed by atoms with Crippen molar-refractivity contribution in [2.24, 2.45) is 5.73 Å². The molecular weight excluding hydrogens is 249 g/mol. The number of ether oxygens (including phenoxy) is 1. The zero-order valence-electron chi connectivity index (χ0n) is 8.87. The Morgan fingerprint density at radius 1 is 1.50 bits per heavy atom. The number of nitrogens with two attached hydrogens (primary N) is 1. The van der Waals surface area contributed by atoms with Gasteiger partial charge in [0.2, 0.25) is 0 Å². The molecule has 0 saturated carbocycles. The molecule has 0 aromatic heterocycles. The van der Waals surface area contributed by atoms with Crippen LogP contribution in [-0.4, -0.2) is 18.6 Å². The highest BCUT2D eigenvalue weighted by Crippen LogP contribution is 2.21. The number of esters is 1. The summed E-state index contributed by atoms with van der Waals surface area (Å²) in [5.41, 5.74) is 6.46. The van der Waals surface area contributed by atoms with E-state index in [2.05, 4.69) is 0 Å². The predicted molar refractivity (Wildman–Crippen MR) is 64.8 cm³/mol. The third kappa shape index (κ3) is 3.67. The lowest BCUT2D eigenvalue weighted by Gasteiger charge is -2.11. The first-order valence-corrected chi connectivity index (χ1v) is 5.66. The fraction of sp³-hybridized carbons (Fsp3) is 0.364. The largest absolute Gasteiger partial charge is 0.465 e. The van der Waals surface area contributed by atoms with Gasteiger partial charge in [0.25, 0.3) is 0 Å². The first-order valence-electron chi connectivity index (χ1n) is 4.90. The summed E-state index contributed by atoms with van der Waals surface area (Å²) in [6, 6.07) is 4.39. The number of hydrogen-bond donors (Lipinski definition) is 1. The summed E-state index contributed by atoms with van der Waals surface area (Å²) in [4.78, 5) is 11.3. The summed E-state index contributed by atoms with van der Waals surface area (Å²) >= 11 is 11.7. The van der Waals surface area contributed by atoms with Crippen molar-refractivity contribution in [2.45, 2.75) is 19.4 Å². The Hall–Kier alpha value is -0.770. The van der Waals surface area contributed by atoms with Crippen LogP contribution in [0.15, 0.2) is 18.2 Å². The Morgan fingerprint density at radius 2 is 2.19 bits per heavy atom. The quantitative estimate of drug-likeness (QED) is 0.848. The number of carbonyl (C=O) groups excluding carboxylic acids is 1. The number of rotatable bonds is 4. The van der Waals surface area contributed by atoms with Crippen LogP contribution in [0.1, 0.15) is 12.5 Å². The van der Waals surface area contributed by atoms with Crippen LogP contribution in [0, 0.1) is 0 Å². The van der Waals surface area contributed by atoms with Crippen LogP contribution in [0.4, 0.5) is 0 Å². The minimum atomic E-state index is -0.696. The fourth-order valence-electron chi connectivity index (χ4n) is 1.26. The number of hydrogen-bond acceptors (Lipinski definition) is 3. The molecule has 0 saturated heterocycles. The number of halogens is 2. The predicted octanol–water partition coefficient (Wildman–Crippen LogP) is 2.43. The molecule has 16 heavy (non-hydrogen) atoms. The van der Waals surface area contributed by atoms with Gasteiger partial charge in [-0.1, -0.05) is 29.3 Å². The van der Waals surface area contributed by atoms with E-state index < -0.39 is 12.0 Å². The van der Waals surface area contributed by atoms with Gasteiger partial charge in [-0.15, -0.1) is 0 Å². The summed E-state index contributed by atoms with van der Waals surface area (Å²) in [6.45, 7) is 2.06. The van der Waals surface area contributed by atoms with Crippen LogP contribution in [-0.2, 0) is 16.0 Å². The number of benzene rings is 1. The van der Waals surface area contributed by atoms with Crippen LogP contribution in [0.5, 0.6) is 0 Å². The Balaban J connectivity index is 2.69. The molecule has 0 unspecified atom stereocenters. The van der Waals surface area contributed by atoms with Crippen LogP contribution < -0.4 is 5.73 Å². The first-order chi connectivity index (χ1) is 7.54. The molecule has 5 heteroatoms. The lowest BCUT2D eigenvalue weighted by molar-refractivity contribution is -0.144. The van der Waals surface area contributed by atoms with E-state index in [9.17, 15) is 4.79 Å². The molecule has 0 aliphatic heterocycles. The lowest BCUT2D eigenvalue weighted by Crippen LogP contribution is -2.34. The topological polar surface area (TPSA) is 52.3 Å². The summed E-state index contributed by atoms with van der Waals surface area (Å²) in [5, 5.41) is 1.06. The molecule has 1 aromatic rings. The third-order valence-corrected chi connectivity index (χ3v) is 2.63. The van der Waals surface area contributed by atoms with Crippen molar-refractivity contribution >= 4 is 29.2 Å². The fourth-order valence-corrected chi connectivity index (χ4v) is 1.74. The van der Waals surface area contributed by atoms with Gasteiger partial charge in [0.1, 0.15) is 6.04 Å². The third-order valence-electron chi connectivity index (χ3n) is 2.04. The zero-order chi connectivity index (χ0) is 12.1. The van der Waals surface area contributed by atoms with Crippen molar-refractivity contribution < 1.29 is 9.53 Å². The van der Waals surface area contributed by atoms with Gasteiger partial charge < -0.3 is 10.5 Å². The summed E-state index contributed by atoms with van der Waals surface area (Å²) in [5.74, 6) is -0.423. The van der Waals surface area contributed by atoms with E-state index >= 15 is 0 Å². The second-order valence-electron chi connectivity index (χ2n) is 3.30. The molecule has 3 nitrogen and oxygen atoms in total. The van der Waals surface area contributed by atoms with Crippen molar-refractivity contribution in [2.75, 3.05) is 6.61 Å². The van der Waals surface area contributed by atoms with Crippen molar-refractivity contribution in [1.82, 2.24) is 0 Å². The standard InChI is InChI=1S/C11H13Cl2NO2/c1-2-16-11(15)10(14)5-7-3-4-8(12)6-9(7)13/h3-4,6,10H,2,5,14H2,1H3/t10-/m1/s1. The van der Waals surface area contributed by atoms with Crippen molar-refractivity contribution in [3.63, 3.8) is 0 Å². The highest BCUT2D eigenvalue weighted by molar-refractivity contribution is 6.35.